The van der Waals surface area contributed by atoms with Crippen molar-refractivity contribution in [2.45, 2.75) is 50.5 Å². The number of hydrogen-bond acceptors (Lipinski definition) is 11. The number of hydrogen-bond donors (Lipinski definition) is 5. The van der Waals surface area contributed by atoms with Crippen LogP contribution in [0.3, 0.4) is 0 Å². The van der Waals surface area contributed by atoms with Crippen molar-refractivity contribution in [1.82, 2.24) is 0 Å². The molecule has 0 aliphatic carbocycles. The molecule has 1 aliphatic rings. The van der Waals surface area contributed by atoms with Gasteiger partial charge in [-0.2, -0.15) is 8.42 Å². The summed E-state index contributed by atoms with van der Waals surface area (Å²) in [6.45, 7) is 1.15. The Morgan fingerprint density at radius 1 is 1.26 bits per heavy atom. The maximum absolute atomic E-state index is 10.5. The second kappa shape index (κ2) is 9.10. The molecule has 1 rings (SSSR count). The standard InChI is InChI=1S/C10H19NO10S2/c1-2-3-6(11-21-23(16,17)18)22-20-10-9(15)8(14)7(13)5(4-12)19-10/h5,7-10,12-15H,2-4H2,1H3,(H,16,17,18)/b11-6+/t5-,7-,8+,9-,10+/m1/s1. The molecule has 0 bridgehead atoms. The van der Waals surface area contributed by atoms with E-state index in [1.165, 1.54) is 0 Å². The minimum Gasteiger partial charge on any atom is -0.394 e. The maximum Gasteiger partial charge on any atom is 0.466 e. The maximum atomic E-state index is 10.5. The zero-order valence-electron chi connectivity index (χ0n) is 12.0. The first-order valence-electron chi connectivity index (χ1n) is 6.56. The normalized spacial score (nSPS) is 32.8. The van der Waals surface area contributed by atoms with Crippen LogP contribution in [0.5, 0.6) is 0 Å². The zero-order valence-corrected chi connectivity index (χ0v) is 13.7. The van der Waals surface area contributed by atoms with Gasteiger partial charge in [-0.05, 0) is 6.42 Å². The third-order valence-corrected chi connectivity index (χ3v) is 3.80. The lowest BCUT2D eigenvalue weighted by Crippen LogP contribution is -2.58. The number of ether oxygens (including phenoxy) is 1. The van der Waals surface area contributed by atoms with Gasteiger partial charge in [0.1, 0.15) is 29.5 Å². The molecule has 1 heterocycles. The van der Waals surface area contributed by atoms with Crippen LogP contribution in [0.4, 0.5) is 0 Å². The first kappa shape index (κ1) is 20.5. The fourth-order valence-electron chi connectivity index (χ4n) is 1.65. The van der Waals surface area contributed by atoms with Crippen molar-refractivity contribution in [2.24, 2.45) is 5.16 Å². The average Bonchev–Trinajstić information content (AvgIpc) is 2.48. The fraction of sp³-hybridized carbons (Fsp3) is 0.900. The number of aliphatic hydroxyl groups excluding tert-OH is 4. The van der Waals surface area contributed by atoms with Crippen molar-refractivity contribution in [3.05, 3.63) is 0 Å². The molecule has 0 radical (unpaired) electrons. The molecular weight excluding hydrogens is 358 g/mol. The summed E-state index contributed by atoms with van der Waals surface area (Å²) in [5.74, 6) is 0. The smallest absolute Gasteiger partial charge is 0.394 e. The Balaban J connectivity index is 2.68. The van der Waals surface area contributed by atoms with Crippen molar-refractivity contribution < 1.29 is 46.6 Å². The van der Waals surface area contributed by atoms with E-state index in [2.05, 4.69) is 9.44 Å². The molecule has 1 fully saturated rings. The van der Waals surface area contributed by atoms with Gasteiger partial charge < -0.3 is 25.2 Å². The van der Waals surface area contributed by atoms with Crippen LogP contribution in [-0.2, 0) is 23.6 Å². The summed E-state index contributed by atoms with van der Waals surface area (Å²) in [5.41, 5.74) is 0. The van der Waals surface area contributed by atoms with E-state index in [1.54, 1.807) is 6.92 Å². The van der Waals surface area contributed by atoms with Gasteiger partial charge in [-0.15, -0.1) is 0 Å². The zero-order chi connectivity index (χ0) is 17.6. The lowest BCUT2D eigenvalue weighted by molar-refractivity contribution is -0.274. The Labute approximate surface area is 137 Å². The molecule has 0 spiro atoms. The van der Waals surface area contributed by atoms with E-state index in [9.17, 15) is 23.7 Å². The van der Waals surface area contributed by atoms with Gasteiger partial charge in [0.25, 0.3) is 0 Å². The van der Waals surface area contributed by atoms with Gasteiger partial charge in [-0.1, -0.05) is 12.1 Å². The van der Waals surface area contributed by atoms with Crippen molar-refractivity contribution in [3.63, 3.8) is 0 Å². The first-order chi connectivity index (χ1) is 10.7. The summed E-state index contributed by atoms with van der Waals surface area (Å²) in [7, 11) is -4.76. The molecule has 0 aromatic carbocycles. The molecule has 0 saturated carbocycles. The highest BCUT2D eigenvalue weighted by Gasteiger charge is 2.44. The molecule has 0 amide bonds. The first-order valence-corrected chi connectivity index (χ1v) is 8.67. The van der Waals surface area contributed by atoms with Gasteiger partial charge in [0.05, 0.1) is 18.6 Å². The molecule has 0 unspecified atom stereocenters. The van der Waals surface area contributed by atoms with E-state index in [0.717, 1.165) is 0 Å². The number of oxime groups is 1. The van der Waals surface area contributed by atoms with Crippen molar-refractivity contribution in [1.29, 1.82) is 0 Å². The minimum absolute atomic E-state index is 0.0158. The quantitative estimate of drug-likeness (QED) is 0.113. The van der Waals surface area contributed by atoms with Crippen LogP contribution in [0, 0.1) is 0 Å². The highest BCUT2D eigenvalue weighted by Crippen LogP contribution is 2.26. The molecule has 136 valence electrons. The SMILES string of the molecule is CCC/C(=N\OS(=O)(=O)O)SO[C@@H]1O[C@H](CO)[C@@H](O)[C@H](O)[C@H]1O. The summed E-state index contributed by atoms with van der Waals surface area (Å²) in [4.78, 5) is 0. The number of rotatable bonds is 7. The van der Waals surface area contributed by atoms with E-state index < -0.39 is 47.7 Å². The molecule has 0 aromatic rings. The van der Waals surface area contributed by atoms with E-state index >= 15 is 0 Å². The van der Waals surface area contributed by atoms with Crippen LogP contribution in [0.25, 0.3) is 0 Å². The summed E-state index contributed by atoms with van der Waals surface area (Å²) in [6.07, 6.45) is -6.51. The van der Waals surface area contributed by atoms with Gasteiger partial charge in [0.2, 0.25) is 0 Å². The van der Waals surface area contributed by atoms with Crippen LogP contribution in [-0.4, -0.2) is 75.8 Å². The van der Waals surface area contributed by atoms with E-state index in [0.29, 0.717) is 18.5 Å². The lowest BCUT2D eigenvalue weighted by atomic mass is 10.00. The average molecular weight is 377 g/mol. The summed E-state index contributed by atoms with van der Waals surface area (Å²) in [5, 5.41) is 41.2. The Hall–Kier alpha value is -0.510. The van der Waals surface area contributed by atoms with E-state index in [-0.39, 0.29) is 11.5 Å². The Morgan fingerprint density at radius 2 is 1.91 bits per heavy atom. The third kappa shape index (κ3) is 6.48. The lowest BCUT2D eigenvalue weighted by Gasteiger charge is -2.39. The predicted molar refractivity (Wildman–Crippen MR) is 77.4 cm³/mol. The van der Waals surface area contributed by atoms with Gasteiger partial charge in [-0.25, -0.2) is 4.28 Å². The highest BCUT2D eigenvalue weighted by atomic mass is 32.3. The van der Waals surface area contributed by atoms with Gasteiger partial charge in [0, 0.05) is 6.42 Å². The Kier molecular flexibility index (Phi) is 8.12. The summed E-state index contributed by atoms with van der Waals surface area (Å²) < 4.78 is 43.5. The number of nitrogens with zero attached hydrogens (tertiary/aromatic N) is 1. The molecule has 1 saturated heterocycles. The van der Waals surface area contributed by atoms with Crippen LogP contribution in [0.15, 0.2) is 5.16 Å². The molecule has 0 aromatic heterocycles. The molecule has 13 heteroatoms. The second-order valence-corrected chi connectivity index (χ2v) is 6.45. The summed E-state index contributed by atoms with van der Waals surface area (Å²) in [6, 6.07) is 0. The molecule has 11 nitrogen and oxygen atoms in total. The minimum atomic E-state index is -4.76. The number of aliphatic hydroxyl groups is 4. The molecule has 5 N–H and O–H groups in total. The van der Waals surface area contributed by atoms with Crippen molar-refractivity contribution in [2.75, 3.05) is 6.61 Å². The second-order valence-electron chi connectivity index (χ2n) is 4.61. The van der Waals surface area contributed by atoms with E-state index in [4.69, 9.17) is 18.6 Å². The van der Waals surface area contributed by atoms with Gasteiger partial charge in [0.15, 0.2) is 6.29 Å². The van der Waals surface area contributed by atoms with Crippen molar-refractivity contribution in [3.8, 4) is 0 Å². The van der Waals surface area contributed by atoms with Crippen LogP contribution >= 0.6 is 12.0 Å². The molecular formula is C10H19NO10S2. The van der Waals surface area contributed by atoms with Crippen LogP contribution in [0.2, 0.25) is 0 Å². The monoisotopic (exact) mass is 377 g/mol. The van der Waals surface area contributed by atoms with Crippen LogP contribution < -0.4 is 0 Å². The van der Waals surface area contributed by atoms with E-state index in [1.807, 2.05) is 0 Å². The predicted octanol–water partition coefficient (Wildman–Crippen LogP) is -1.62. The summed E-state index contributed by atoms with van der Waals surface area (Å²) >= 11 is 0.503. The Morgan fingerprint density at radius 3 is 2.43 bits per heavy atom. The topological polar surface area (TPSA) is 175 Å². The largest absolute Gasteiger partial charge is 0.466 e. The molecule has 1 aliphatic heterocycles. The Bertz CT molecular complexity index is 496. The molecule has 5 atom stereocenters. The fourth-order valence-corrected chi connectivity index (χ4v) is 2.61. The van der Waals surface area contributed by atoms with Crippen molar-refractivity contribution >= 4 is 27.5 Å². The van der Waals surface area contributed by atoms with Gasteiger partial charge >= 0.3 is 10.4 Å². The third-order valence-electron chi connectivity index (χ3n) is 2.78. The molecule has 23 heavy (non-hydrogen) atoms. The van der Waals surface area contributed by atoms with Crippen LogP contribution in [0.1, 0.15) is 19.8 Å². The highest BCUT2D eigenvalue weighted by molar-refractivity contribution is 8.09. The van der Waals surface area contributed by atoms with Gasteiger partial charge in [-0.3, -0.25) is 8.74 Å².